The second-order valence-electron chi connectivity index (χ2n) is 7.20. The quantitative estimate of drug-likeness (QED) is 0.349. The van der Waals surface area contributed by atoms with Crippen molar-refractivity contribution in [1.29, 1.82) is 5.26 Å². The van der Waals surface area contributed by atoms with Crippen molar-refractivity contribution in [2.45, 2.75) is 83.6 Å². The van der Waals surface area contributed by atoms with Gasteiger partial charge in [-0.15, -0.1) is 0 Å². The molecule has 0 bridgehead atoms. The highest BCUT2D eigenvalue weighted by Gasteiger charge is 2.15. The molecule has 0 aliphatic heterocycles. The maximum absolute atomic E-state index is 12.4. The molecule has 1 saturated carbocycles. The second kappa shape index (κ2) is 15.8. The highest BCUT2D eigenvalue weighted by molar-refractivity contribution is 5.97. The third-order valence-corrected chi connectivity index (χ3v) is 4.87. The van der Waals surface area contributed by atoms with Crippen molar-refractivity contribution in [2.24, 2.45) is 0 Å². The Balaban J connectivity index is 2.41. The summed E-state index contributed by atoms with van der Waals surface area (Å²) in [5.41, 5.74) is 0.0576. The predicted molar refractivity (Wildman–Crippen MR) is 109 cm³/mol. The first-order valence-corrected chi connectivity index (χ1v) is 10.7. The van der Waals surface area contributed by atoms with E-state index in [0.29, 0.717) is 19.7 Å². The first-order valence-electron chi connectivity index (χ1n) is 10.7. The van der Waals surface area contributed by atoms with Gasteiger partial charge in [-0.25, -0.2) is 4.79 Å². The largest absolute Gasteiger partial charge is 0.450 e. The Morgan fingerprint density at radius 3 is 2.11 bits per heavy atom. The third kappa shape index (κ3) is 11.5. The van der Waals surface area contributed by atoms with Crippen LogP contribution < -0.4 is 16.0 Å². The molecule has 0 aromatic carbocycles. The maximum Gasteiger partial charge on any atom is 0.407 e. The molecule has 2 amide bonds. The van der Waals surface area contributed by atoms with E-state index in [1.807, 2.05) is 6.07 Å². The number of nitrogens with one attached hydrogen (secondary N) is 3. The summed E-state index contributed by atoms with van der Waals surface area (Å²) < 4.78 is 4.75. The van der Waals surface area contributed by atoms with E-state index in [9.17, 15) is 14.9 Å². The van der Waals surface area contributed by atoms with E-state index in [4.69, 9.17) is 4.74 Å². The van der Waals surface area contributed by atoms with Gasteiger partial charge in [-0.05, 0) is 19.8 Å². The van der Waals surface area contributed by atoms with Crippen molar-refractivity contribution in [3.8, 4) is 6.07 Å². The van der Waals surface area contributed by atoms with Crippen molar-refractivity contribution in [2.75, 3.05) is 19.7 Å². The van der Waals surface area contributed by atoms with Gasteiger partial charge in [-0.2, -0.15) is 5.26 Å². The lowest BCUT2D eigenvalue weighted by atomic mass is 9.98. The zero-order valence-corrected chi connectivity index (χ0v) is 17.2. The van der Waals surface area contributed by atoms with E-state index >= 15 is 0 Å². The summed E-state index contributed by atoms with van der Waals surface area (Å²) in [6, 6.07) is 2.09. The second-order valence-corrected chi connectivity index (χ2v) is 7.20. The number of alkyl carbamates (subject to hydrolysis) is 1. The molecule has 0 heterocycles. The minimum Gasteiger partial charge on any atom is -0.450 e. The Labute approximate surface area is 169 Å². The molecular formula is C21H36N4O3. The van der Waals surface area contributed by atoms with Crippen LogP contribution in [0.1, 0.15) is 77.6 Å². The molecule has 1 rings (SSSR count). The van der Waals surface area contributed by atoms with Crippen LogP contribution in [0.3, 0.4) is 0 Å². The molecule has 1 fully saturated rings. The molecule has 0 atom stereocenters. The van der Waals surface area contributed by atoms with Gasteiger partial charge in [0.1, 0.15) is 11.6 Å². The zero-order chi connectivity index (χ0) is 20.5. The molecule has 0 saturated heterocycles. The Hall–Kier alpha value is -2.23. The van der Waals surface area contributed by atoms with E-state index in [1.165, 1.54) is 51.1 Å². The van der Waals surface area contributed by atoms with Crippen molar-refractivity contribution in [1.82, 2.24) is 16.0 Å². The third-order valence-electron chi connectivity index (χ3n) is 4.87. The molecule has 1 aliphatic carbocycles. The fraction of sp³-hybridized carbons (Fsp3) is 0.762. The highest BCUT2D eigenvalue weighted by atomic mass is 16.5. The Morgan fingerprint density at radius 2 is 1.57 bits per heavy atom. The van der Waals surface area contributed by atoms with Crippen LogP contribution in [0.15, 0.2) is 11.8 Å². The summed E-state index contributed by atoms with van der Waals surface area (Å²) >= 11 is 0. The van der Waals surface area contributed by atoms with Crippen molar-refractivity contribution in [3.05, 3.63) is 11.8 Å². The van der Waals surface area contributed by atoms with Crippen molar-refractivity contribution in [3.63, 3.8) is 0 Å². The van der Waals surface area contributed by atoms with Gasteiger partial charge in [-0.1, -0.05) is 57.8 Å². The Bertz CT molecular complexity index is 516. The number of nitrogens with zero attached hydrogens (tertiary/aromatic N) is 1. The first kappa shape index (κ1) is 23.8. The van der Waals surface area contributed by atoms with Crippen LogP contribution in [0, 0.1) is 11.3 Å². The van der Waals surface area contributed by atoms with Gasteiger partial charge in [0.25, 0.3) is 5.91 Å². The average Bonchev–Trinajstić information content (AvgIpc) is 2.67. The lowest BCUT2D eigenvalue weighted by Crippen LogP contribution is -2.36. The van der Waals surface area contributed by atoms with Crippen molar-refractivity contribution >= 4 is 12.0 Å². The number of hydrogen-bond donors (Lipinski definition) is 3. The summed E-state index contributed by atoms with van der Waals surface area (Å²) in [4.78, 5) is 23.6. The Kier molecular flexibility index (Phi) is 13.4. The lowest BCUT2D eigenvalue weighted by Gasteiger charge is -2.19. The molecule has 158 valence electrons. The first-order chi connectivity index (χ1) is 13.7. The number of hydrogen-bond acceptors (Lipinski definition) is 5. The molecular weight excluding hydrogens is 356 g/mol. The van der Waals surface area contributed by atoms with E-state index in [1.54, 1.807) is 6.92 Å². The van der Waals surface area contributed by atoms with E-state index in [2.05, 4.69) is 16.0 Å². The Morgan fingerprint density at radius 1 is 1.00 bits per heavy atom. The van der Waals surface area contributed by atoms with Crippen LogP contribution >= 0.6 is 0 Å². The van der Waals surface area contributed by atoms with Gasteiger partial charge < -0.3 is 20.7 Å². The van der Waals surface area contributed by atoms with Gasteiger partial charge in [0.05, 0.1) is 6.61 Å². The van der Waals surface area contributed by atoms with Gasteiger partial charge in [0.15, 0.2) is 0 Å². The van der Waals surface area contributed by atoms with E-state index in [0.717, 1.165) is 25.7 Å². The molecule has 0 radical (unpaired) electrons. The molecule has 28 heavy (non-hydrogen) atoms. The molecule has 0 unspecified atom stereocenters. The SMILES string of the molecule is CCOC(=O)NCCN/C=C(/C#N)C(=O)NC1CCCCCCCCCCC1. The minimum absolute atomic E-state index is 0.0576. The van der Waals surface area contributed by atoms with Gasteiger partial charge in [-0.3, -0.25) is 4.79 Å². The number of rotatable bonds is 7. The summed E-state index contributed by atoms with van der Waals surface area (Å²) in [6.07, 6.45) is 14.1. The molecule has 1 aliphatic rings. The summed E-state index contributed by atoms with van der Waals surface area (Å²) in [6.45, 7) is 2.80. The topological polar surface area (TPSA) is 103 Å². The van der Waals surface area contributed by atoms with Gasteiger partial charge >= 0.3 is 6.09 Å². The van der Waals surface area contributed by atoms with Gasteiger partial charge in [0.2, 0.25) is 0 Å². The molecule has 0 aromatic heterocycles. The average molecular weight is 393 g/mol. The standard InChI is InChI=1S/C21H36N4O3/c1-2-28-21(27)24-15-14-23-17-18(16-22)20(26)25-19-12-10-8-6-4-3-5-7-9-11-13-19/h17,19,23H,2-15H2,1H3,(H,24,27)(H,25,26)/b18-17-. The smallest absolute Gasteiger partial charge is 0.407 e. The van der Waals surface area contributed by atoms with Crippen LogP contribution in [-0.2, 0) is 9.53 Å². The number of carbonyl (C=O) groups is 2. The lowest BCUT2D eigenvalue weighted by molar-refractivity contribution is -0.117. The van der Waals surface area contributed by atoms with Crippen LogP contribution in [0.25, 0.3) is 0 Å². The molecule has 3 N–H and O–H groups in total. The number of ether oxygens (including phenoxy) is 1. The summed E-state index contributed by atoms with van der Waals surface area (Å²) in [5.74, 6) is -0.328. The maximum atomic E-state index is 12.4. The van der Waals surface area contributed by atoms with Crippen LogP contribution in [0.4, 0.5) is 4.79 Å². The normalized spacial score (nSPS) is 17.4. The molecule has 7 heteroatoms. The van der Waals surface area contributed by atoms with Crippen LogP contribution in [0.2, 0.25) is 0 Å². The monoisotopic (exact) mass is 392 g/mol. The van der Waals surface area contributed by atoms with E-state index in [-0.39, 0.29) is 17.5 Å². The van der Waals surface area contributed by atoms with Crippen LogP contribution in [-0.4, -0.2) is 37.7 Å². The van der Waals surface area contributed by atoms with E-state index < -0.39 is 6.09 Å². The summed E-state index contributed by atoms with van der Waals surface area (Å²) in [5, 5.41) is 17.8. The van der Waals surface area contributed by atoms with Gasteiger partial charge in [0, 0.05) is 25.3 Å². The summed E-state index contributed by atoms with van der Waals surface area (Å²) in [7, 11) is 0. The van der Waals surface area contributed by atoms with Crippen molar-refractivity contribution < 1.29 is 14.3 Å². The minimum atomic E-state index is -0.478. The highest BCUT2D eigenvalue weighted by Crippen LogP contribution is 2.17. The predicted octanol–water partition coefficient (Wildman–Crippen LogP) is 3.52. The number of amides is 2. The molecule has 7 nitrogen and oxygen atoms in total. The van der Waals surface area contributed by atoms with Crippen LogP contribution in [0.5, 0.6) is 0 Å². The fourth-order valence-electron chi connectivity index (χ4n) is 3.31. The number of nitriles is 1. The molecule has 0 aromatic rings. The number of carbonyl (C=O) groups excluding carboxylic acids is 2. The zero-order valence-electron chi connectivity index (χ0n) is 17.2. The fourth-order valence-corrected chi connectivity index (χ4v) is 3.31. The molecule has 0 spiro atoms.